The number of aryl methyl sites for hydroxylation is 11. The zero-order valence-corrected chi connectivity index (χ0v) is 77.5. The van der Waals surface area contributed by atoms with Crippen molar-refractivity contribution in [3.8, 4) is 49.4 Å². The number of hydrogen-bond donors (Lipinski definition) is 6. The summed E-state index contributed by atoms with van der Waals surface area (Å²) in [4.78, 5) is 73.0. The predicted molar refractivity (Wildman–Crippen MR) is 510 cm³/mol. The quantitative estimate of drug-likeness (QED) is 0.0176. The van der Waals surface area contributed by atoms with E-state index in [0.29, 0.717) is 99.4 Å². The molecule has 10 aromatic heterocycles. The number of nitrogen functional groups attached to an aromatic ring is 4. The van der Waals surface area contributed by atoms with E-state index in [1.165, 1.54) is 71.1 Å². The van der Waals surface area contributed by atoms with Crippen molar-refractivity contribution in [2.75, 3.05) is 22.9 Å². The lowest BCUT2D eigenvalue weighted by Crippen LogP contribution is -2.12. The van der Waals surface area contributed by atoms with Gasteiger partial charge in [0, 0.05) is 101 Å². The Hall–Kier alpha value is -11.7. The van der Waals surface area contributed by atoms with Gasteiger partial charge in [0.1, 0.15) is 30.8 Å². The van der Waals surface area contributed by atoms with Crippen molar-refractivity contribution in [1.29, 1.82) is 5.41 Å². The fraction of sp³-hybridized carbons (Fsp3) is 0.213. The Morgan fingerprint density at radius 1 is 0.427 bits per heavy atom. The summed E-state index contributed by atoms with van der Waals surface area (Å²) in [5, 5.41) is 12.7. The van der Waals surface area contributed by atoms with E-state index in [-0.39, 0.29) is 5.49 Å². The van der Waals surface area contributed by atoms with Crippen LogP contribution in [0.25, 0.3) is 60.7 Å². The van der Waals surface area contributed by atoms with Crippen molar-refractivity contribution in [3.05, 3.63) is 222 Å². The molecule has 0 spiro atoms. The van der Waals surface area contributed by atoms with Crippen LogP contribution in [0.5, 0.6) is 0 Å². The fourth-order valence-corrected chi connectivity index (χ4v) is 20.5. The molecule has 0 radical (unpaired) electrons. The predicted octanol–water partition coefficient (Wildman–Crippen LogP) is 20.6. The Labute approximate surface area is 768 Å². The molecule has 0 aliphatic carbocycles. The summed E-state index contributed by atoms with van der Waals surface area (Å²) >= 11 is 24.5. The molecule has 0 fully saturated rings. The first-order chi connectivity index (χ1) is 59.9. The van der Waals surface area contributed by atoms with Crippen LogP contribution in [0.2, 0.25) is 5.02 Å². The molecule has 16 aromatic rings. The average Bonchev–Trinajstić information content (AvgIpc) is 1.66. The molecule has 0 saturated carbocycles. The van der Waals surface area contributed by atoms with Gasteiger partial charge in [0.15, 0.2) is 111 Å². The SMILES string of the molecule is C#CCCCn1c(Sc2cc(C)cc(Br)c2)nc2c(N)ncnc21.C#CCCCn1c(Sc2cc(C)cc(Br)c2)nc2c(N)ncnc21.C#CCCCn1cnc(=N)c2[nH]c(Sc3cc(C)cc(Br)c3)nc21.Cc1cc(Cl)cc(Sc2nc3c(N)ncnc3n2CCc2ccccc2)c1.[C-]#[N+]c1cc(C)cc(Sc2nc3c(N)ncnc3n2CCCC#C)c1. The lowest BCUT2D eigenvalue weighted by molar-refractivity contribution is 0.615. The van der Waals surface area contributed by atoms with E-state index < -0.39 is 0 Å². The van der Waals surface area contributed by atoms with E-state index in [0.717, 1.165) is 156 Å². The molecule has 124 heavy (non-hydrogen) atoms. The number of fused-ring (bicyclic) bond motifs is 5. The Morgan fingerprint density at radius 3 is 1.16 bits per heavy atom. The van der Waals surface area contributed by atoms with E-state index in [1.807, 2.05) is 77.6 Å². The second kappa shape index (κ2) is 44.0. The first-order valence-corrected chi connectivity index (χ1v) is 45.4. The highest BCUT2D eigenvalue weighted by molar-refractivity contribution is 9.11. The van der Waals surface area contributed by atoms with E-state index in [1.54, 1.807) is 41.6 Å². The molecular weight excluding hydrogens is 1870 g/mol. The van der Waals surface area contributed by atoms with Crippen LogP contribution in [0.1, 0.15) is 84.7 Å². The summed E-state index contributed by atoms with van der Waals surface area (Å²) < 4.78 is 13.3. The minimum absolute atomic E-state index is 0.197. The monoisotopic (exact) mass is 1950 g/mol. The summed E-state index contributed by atoms with van der Waals surface area (Å²) in [6.07, 6.45) is 36.0. The Bertz CT molecular complexity index is 6590. The van der Waals surface area contributed by atoms with Gasteiger partial charge >= 0.3 is 0 Å². The average molecular weight is 1950 g/mol. The third-order valence-corrected chi connectivity index (χ3v) is 24.5. The fourth-order valence-electron chi connectivity index (χ4n) is 12.7. The molecule has 0 saturated heterocycles. The van der Waals surface area contributed by atoms with Crippen molar-refractivity contribution < 1.29 is 0 Å². The van der Waals surface area contributed by atoms with Crippen molar-refractivity contribution in [3.63, 3.8) is 0 Å². The number of halogens is 4. The molecule has 10 heterocycles. The van der Waals surface area contributed by atoms with Crippen LogP contribution < -0.4 is 28.4 Å². The summed E-state index contributed by atoms with van der Waals surface area (Å²) in [5.41, 5.74) is 38.4. The second-order valence-corrected chi connectivity index (χ2v) is 36.3. The molecule has 0 atom stereocenters. The van der Waals surface area contributed by atoms with Crippen LogP contribution in [0.15, 0.2) is 217 Å². The number of aromatic amines is 1. The Morgan fingerprint density at radius 2 is 0.782 bits per heavy atom. The number of hydrogen-bond acceptors (Lipinski definition) is 24. The Kier molecular flexibility index (Phi) is 32.5. The number of anilines is 4. The first kappa shape index (κ1) is 91.5. The number of nitrogens with zero attached hydrogens (tertiary/aromatic N) is 20. The van der Waals surface area contributed by atoms with Crippen LogP contribution in [0.4, 0.5) is 29.0 Å². The van der Waals surface area contributed by atoms with Crippen LogP contribution in [0.3, 0.4) is 0 Å². The van der Waals surface area contributed by atoms with Gasteiger partial charge in [-0.3, -0.25) is 5.41 Å². The largest absolute Gasteiger partial charge is 0.382 e. The van der Waals surface area contributed by atoms with Gasteiger partial charge in [0.25, 0.3) is 0 Å². The van der Waals surface area contributed by atoms with Crippen LogP contribution in [-0.4, -0.2) is 97.6 Å². The molecular formula is C89H82Br3ClN26S5. The minimum atomic E-state index is 0.197. The topological polar surface area (TPSA) is 353 Å². The highest BCUT2D eigenvalue weighted by atomic mass is 79.9. The van der Waals surface area contributed by atoms with E-state index in [4.69, 9.17) is 77.2 Å². The summed E-state index contributed by atoms with van der Waals surface area (Å²) in [6.45, 7) is 21.1. The number of terminal acetylenes is 4. The van der Waals surface area contributed by atoms with E-state index in [2.05, 4.69) is 247 Å². The van der Waals surface area contributed by atoms with Gasteiger partial charge in [-0.2, -0.15) is 0 Å². The summed E-state index contributed by atoms with van der Waals surface area (Å²) in [5.74, 6) is 12.2. The molecule has 0 unspecified atom stereocenters. The van der Waals surface area contributed by atoms with E-state index in [9.17, 15) is 0 Å². The molecule has 16 rings (SSSR count). The zero-order valence-electron chi connectivity index (χ0n) is 67.9. The second-order valence-electron chi connectivity index (χ2n) is 27.9. The molecule has 6 aromatic carbocycles. The highest BCUT2D eigenvalue weighted by Gasteiger charge is 2.22. The molecule has 626 valence electrons. The summed E-state index contributed by atoms with van der Waals surface area (Å²) in [6, 6.07) is 40.8. The molecule has 26 nitrogen and oxygen atoms in total. The van der Waals surface area contributed by atoms with Crippen molar-refractivity contribution >= 4 is 203 Å². The third kappa shape index (κ3) is 24.4. The van der Waals surface area contributed by atoms with Crippen LogP contribution in [0, 0.1) is 96.0 Å². The number of imidazole rings is 5. The molecule has 35 heteroatoms. The molecule has 0 amide bonds. The van der Waals surface area contributed by atoms with Gasteiger partial charge in [-0.05, 0) is 179 Å². The number of aromatic nitrogens is 20. The number of nitrogens with one attached hydrogen (secondary N) is 2. The van der Waals surface area contributed by atoms with Gasteiger partial charge in [-0.15, -0.1) is 49.4 Å². The van der Waals surface area contributed by atoms with Gasteiger partial charge in [-0.25, -0.2) is 74.6 Å². The standard InChI is InChI=1S/C20H18ClN5S.C18H16N6S.3C17H16BrN5S/c1-13-9-15(21)11-16(10-13)27-20-25-17-18(22)23-12-24-19(17)26(20)8-7-14-5-3-2-4-6-14;1-4-5-6-7-24-17-15(16(19)21-11-22-17)23-18(24)25-14-9-12(2)8-13(10-14)20-3;1-3-4-5-6-23-10-20-15(19)14-16(23)22-17(21-14)24-13-8-11(2)7-12(18)9-13;2*1-3-4-5-6-23-16-14(15(19)20-10-21-16)22-17(23)24-13-8-11(2)7-12(18)9-13/h2-6,9-12H,7-8H2,1H3,(H2,22,23,24);1,8-11H,5-7H2,2H3,(H2,19,21,22);1,7-10,19H,4-6H2,2H3,(H,21,22);2*1,7-10H,4-6H2,2H3,(H2,19,20,21). The van der Waals surface area contributed by atoms with Crippen molar-refractivity contribution in [2.45, 2.75) is 175 Å². The minimum Gasteiger partial charge on any atom is -0.382 e. The van der Waals surface area contributed by atoms with Gasteiger partial charge in [-0.1, -0.05) is 160 Å². The smallest absolute Gasteiger partial charge is 0.188 e. The number of rotatable bonds is 25. The van der Waals surface area contributed by atoms with Crippen molar-refractivity contribution in [1.82, 2.24) is 97.6 Å². The number of nitrogens with two attached hydrogens (primary N) is 4. The third-order valence-electron chi connectivity index (χ3n) is 18.2. The molecule has 10 N–H and O–H groups in total. The van der Waals surface area contributed by atoms with E-state index >= 15 is 0 Å². The molecule has 0 aliphatic heterocycles. The van der Waals surface area contributed by atoms with Gasteiger partial charge in [0.2, 0.25) is 0 Å². The van der Waals surface area contributed by atoms with Gasteiger partial charge < -0.3 is 50.8 Å². The number of H-pyrrole nitrogens is 1. The molecule has 0 aliphatic rings. The first-order valence-electron chi connectivity index (χ1n) is 38.6. The van der Waals surface area contributed by atoms with Gasteiger partial charge in [0.05, 0.1) is 12.9 Å². The van der Waals surface area contributed by atoms with Crippen LogP contribution >= 0.6 is 118 Å². The maximum atomic E-state index is 7.99. The maximum absolute atomic E-state index is 7.99. The molecule has 0 bridgehead atoms. The van der Waals surface area contributed by atoms with Crippen LogP contribution in [-0.2, 0) is 39.1 Å². The number of unbranched alkanes of at least 4 members (excludes halogenated alkanes) is 4. The number of benzene rings is 6. The highest BCUT2D eigenvalue weighted by Crippen LogP contribution is 2.39. The maximum Gasteiger partial charge on any atom is 0.188 e. The van der Waals surface area contributed by atoms with Crippen molar-refractivity contribution in [2.24, 2.45) is 0 Å². The summed E-state index contributed by atoms with van der Waals surface area (Å²) in [7, 11) is 0. The lowest BCUT2D eigenvalue weighted by Gasteiger charge is -2.09. The zero-order chi connectivity index (χ0) is 87.9. The lowest BCUT2D eigenvalue weighted by atomic mass is 10.1. The Balaban J connectivity index is 0.000000141. The normalized spacial score (nSPS) is 10.9.